The average Bonchev–Trinajstić information content (AvgIpc) is 3.47. The van der Waals surface area contributed by atoms with E-state index in [1.54, 1.807) is 6.07 Å². The summed E-state index contributed by atoms with van der Waals surface area (Å²) < 4.78 is 7.30. The first-order chi connectivity index (χ1) is 13.8. The minimum atomic E-state index is -0.806. The Hall–Kier alpha value is -3.33. The Morgan fingerprint density at radius 1 is 1.28 bits per heavy atom. The molecule has 0 atom stereocenters. The van der Waals surface area contributed by atoms with Gasteiger partial charge in [-0.05, 0) is 75.4 Å². The van der Waals surface area contributed by atoms with E-state index in [0.717, 1.165) is 40.9 Å². The summed E-state index contributed by atoms with van der Waals surface area (Å²) in [5, 5.41) is 12.1. The van der Waals surface area contributed by atoms with Gasteiger partial charge in [-0.15, -0.1) is 0 Å². The van der Waals surface area contributed by atoms with E-state index in [-0.39, 0.29) is 5.57 Å². The number of esters is 1. The second kappa shape index (κ2) is 8.36. The summed E-state index contributed by atoms with van der Waals surface area (Å²) in [5.74, 6) is -1.25. The minimum Gasteiger partial charge on any atom is -0.451 e. The summed E-state index contributed by atoms with van der Waals surface area (Å²) in [6.07, 6.45) is 3.84. The fourth-order valence-corrected chi connectivity index (χ4v) is 3.42. The Morgan fingerprint density at radius 2 is 2.00 bits per heavy atom. The van der Waals surface area contributed by atoms with E-state index in [1.807, 2.05) is 52.0 Å². The summed E-state index contributed by atoms with van der Waals surface area (Å²) in [4.78, 5) is 24.4. The number of nitrogens with zero attached hydrogens (tertiary/aromatic N) is 2. The third-order valence-corrected chi connectivity index (χ3v) is 5.29. The first-order valence-electron chi connectivity index (χ1n) is 9.65. The van der Waals surface area contributed by atoms with Crippen molar-refractivity contribution in [3.8, 4) is 6.07 Å². The fraction of sp³-hybridized carbons (Fsp3) is 0.348. The van der Waals surface area contributed by atoms with E-state index in [0.29, 0.717) is 11.7 Å². The van der Waals surface area contributed by atoms with Crippen LogP contribution in [0.4, 0.5) is 5.69 Å². The summed E-state index contributed by atoms with van der Waals surface area (Å²) in [6, 6.07) is 9.96. The quantitative estimate of drug-likeness (QED) is 0.455. The molecule has 1 fully saturated rings. The number of hydrogen-bond acceptors (Lipinski definition) is 4. The average molecular weight is 391 g/mol. The molecular weight excluding hydrogens is 366 g/mol. The topological polar surface area (TPSA) is 84.1 Å². The largest absolute Gasteiger partial charge is 0.451 e. The standard InChI is InChI=1S/C23H25N3O3/c1-14-6-5-7-21(16(14)3)25-22(27)13-29-23(28)19(12-24)11-18-10-15(2)26(17(18)4)20-8-9-20/h5-7,10-11,20H,8-9,13H2,1-4H3,(H,25,27)/b19-11+. The number of aryl methyl sites for hydroxylation is 2. The minimum absolute atomic E-state index is 0.124. The van der Waals surface area contributed by atoms with Crippen molar-refractivity contribution in [1.29, 1.82) is 5.26 Å². The number of nitrogens with one attached hydrogen (secondary N) is 1. The van der Waals surface area contributed by atoms with Crippen molar-refractivity contribution < 1.29 is 14.3 Å². The lowest BCUT2D eigenvalue weighted by atomic mass is 10.1. The van der Waals surface area contributed by atoms with Crippen LogP contribution < -0.4 is 5.32 Å². The Morgan fingerprint density at radius 3 is 2.66 bits per heavy atom. The van der Waals surface area contributed by atoms with E-state index < -0.39 is 18.5 Å². The maximum Gasteiger partial charge on any atom is 0.349 e. The summed E-state index contributed by atoms with van der Waals surface area (Å²) >= 11 is 0. The predicted octanol–water partition coefficient (Wildman–Crippen LogP) is 4.15. The molecule has 1 heterocycles. The smallest absolute Gasteiger partial charge is 0.349 e. The van der Waals surface area contributed by atoms with Crippen molar-refractivity contribution in [2.24, 2.45) is 0 Å². The number of benzene rings is 1. The summed E-state index contributed by atoms with van der Waals surface area (Å²) in [5.41, 5.74) is 5.51. The van der Waals surface area contributed by atoms with E-state index >= 15 is 0 Å². The summed E-state index contributed by atoms with van der Waals surface area (Å²) in [6.45, 7) is 7.41. The third-order valence-electron chi connectivity index (χ3n) is 5.29. The second-order valence-corrected chi connectivity index (χ2v) is 7.47. The highest BCUT2D eigenvalue weighted by Gasteiger charge is 2.27. The van der Waals surface area contributed by atoms with Gasteiger partial charge in [-0.1, -0.05) is 12.1 Å². The molecule has 6 heteroatoms. The maximum atomic E-state index is 12.3. The van der Waals surface area contributed by atoms with Gasteiger partial charge in [0.05, 0.1) is 0 Å². The van der Waals surface area contributed by atoms with Crippen LogP contribution in [0.15, 0.2) is 29.8 Å². The molecule has 1 aromatic carbocycles. The number of rotatable bonds is 6. The number of amides is 1. The van der Waals surface area contributed by atoms with Crippen LogP contribution in [-0.4, -0.2) is 23.1 Å². The number of carbonyl (C=O) groups excluding carboxylic acids is 2. The molecule has 2 aromatic rings. The zero-order valence-corrected chi connectivity index (χ0v) is 17.2. The lowest BCUT2D eigenvalue weighted by Gasteiger charge is -2.10. The molecule has 6 nitrogen and oxygen atoms in total. The van der Waals surface area contributed by atoms with Gasteiger partial charge in [-0.25, -0.2) is 4.79 Å². The Balaban J connectivity index is 1.65. The molecule has 150 valence electrons. The zero-order valence-electron chi connectivity index (χ0n) is 17.2. The number of hydrogen-bond donors (Lipinski definition) is 1. The van der Waals surface area contributed by atoms with Gasteiger partial charge in [0.1, 0.15) is 11.6 Å². The lowest BCUT2D eigenvalue weighted by molar-refractivity contribution is -0.142. The Bertz CT molecular complexity index is 1040. The van der Waals surface area contributed by atoms with Gasteiger partial charge in [0.2, 0.25) is 0 Å². The van der Waals surface area contributed by atoms with E-state index in [4.69, 9.17) is 4.74 Å². The van der Waals surface area contributed by atoms with Crippen LogP contribution in [0, 0.1) is 39.0 Å². The van der Waals surface area contributed by atoms with Crippen LogP contribution in [-0.2, 0) is 14.3 Å². The number of anilines is 1. The molecule has 0 aliphatic heterocycles. The molecule has 0 saturated heterocycles. The number of nitriles is 1. The summed E-state index contributed by atoms with van der Waals surface area (Å²) in [7, 11) is 0. The van der Waals surface area contributed by atoms with Crippen molar-refractivity contribution in [2.45, 2.75) is 46.6 Å². The number of aromatic nitrogens is 1. The molecule has 1 aromatic heterocycles. The van der Waals surface area contributed by atoms with Gasteiger partial charge in [0.15, 0.2) is 6.61 Å². The van der Waals surface area contributed by atoms with E-state index in [9.17, 15) is 14.9 Å². The monoisotopic (exact) mass is 391 g/mol. The van der Waals surface area contributed by atoms with Crippen molar-refractivity contribution in [3.05, 3.63) is 57.9 Å². The highest BCUT2D eigenvalue weighted by Crippen LogP contribution is 2.38. The van der Waals surface area contributed by atoms with Crippen LogP contribution in [0.25, 0.3) is 6.08 Å². The van der Waals surface area contributed by atoms with E-state index in [1.165, 1.54) is 6.08 Å². The Kier molecular flexibility index (Phi) is 5.88. The third kappa shape index (κ3) is 4.57. The van der Waals surface area contributed by atoms with Crippen LogP contribution in [0.5, 0.6) is 0 Å². The molecule has 0 radical (unpaired) electrons. The molecule has 29 heavy (non-hydrogen) atoms. The molecule has 1 aliphatic carbocycles. The van der Waals surface area contributed by atoms with E-state index in [2.05, 4.69) is 9.88 Å². The van der Waals surface area contributed by atoms with Crippen molar-refractivity contribution >= 4 is 23.6 Å². The van der Waals surface area contributed by atoms with Crippen LogP contribution in [0.2, 0.25) is 0 Å². The molecule has 1 N–H and O–H groups in total. The first kappa shape index (κ1) is 20.4. The molecule has 3 rings (SSSR count). The van der Waals surface area contributed by atoms with Gasteiger partial charge < -0.3 is 14.6 Å². The van der Waals surface area contributed by atoms with Gasteiger partial charge >= 0.3 is 5.97 Å². The van der Waals surface area contributed by atoms with Crippen LogP contribution in [0.1, 0.15) is 47.0 Å². The highest BCUT2D eigenvalue weighted by molar-refractivity contribution is 6.00. The molecule has 1 amide bonds. The molecule has 1 aliphatic rings. The SMILES string of the molecule is Cc1cccc(NC(=O)COC(=O)/C(C#N)=C/c2cc(C)n(C3CC3)c2C)c1C. The van der Waals surface area contributed by atoms with Crippen molar-refractivity contribution in [3.63, 3.8) is 0 Å². The van der Waals surface area contributed by atoms with Gasteiger partial charge in [0, 0.05) is 23.1 Å². The van der Waals surface area contributed by atoms with Crippen molar-refractivity contribution in [1.82, 2.24) is 4.57 Å². The van der Waals surface area contributed by atoms with Crippen LogP contribution >= 0.6 is 0 Å². The zero-order chi connectivity index (χ0) is 21.1. The van der Waals surface area contributed by atoms with Crippen LogP contribution in [0.3, 0.4) is 0 Å². The molecule has 0 bridgehead atoms. The van der Waals surface area contributed by atoms with Gasteiger partial charge in [0.25, 0.3) is 5.91 Å². The van der Waals surface area contributed by atoms with Gasteiger partial charge in [-0.2, -0.15) is 5.26 Å². The van der Waals surface area contributed by atoms with Crippen molar-refractivity contribution in [2.75, 3.05) is 11.9 Å². The second-order valence-electron chi connectivity index (χ2n) is 7.47. The first-order valence-corrected chi connectivity index (χ1v) is 9.65. The normalized spacial score (nSPS) is 13.7. The lowest BCUT2D eigenvalue weighted by Crippen LogP contribution is -2.22. The predicted molar refractivity (Wildman–Crippen MR) is 111 cm³/mol. The molecular formula is C23H25N3O3. The number of ether oxygens (including phenoxy) is 1. The highest BCUT2D eigenvalue weighted by atomic mass is 16.5. The molecule has 0 unspecified atom stereocenters. The Labute approximate surface area is 170 Å². The molecule has 0 spiro atoms. The maximum absolute atomic E-state index is 12.3. The molecule has 1 saturated carbocycles. The van der Waals surface area contributed by atoms with Gasteiger partial charge in [-0.3, -0.25) is 4.79 Å². The number of carbonyl (C=O) groups is 2. The fourth-order valence-electron chi connectivity index (χ4n) is 3.42.